The smallest absolute Gasteiger partial charge is 0.238 e. The van der Waals surface area contributed by atoms with Crippen LogP contribution in [0.1, 0.15) is 20.3 Å². The molecule has 5 nitrogen and oxygen atoms in total. The normalized spacial score (nSPS) is 11.9. The molecule has 0 radical (unpaired) electrons. The third-order valence-corrected chi connectivity index (χ3v) is 2.54. The van der Waals surface area contributed by atoms with Crippen molar-refractivity contribution in [3.8, 4) is 11.5 Å². The number of amides is 1. The lowest BCUT2D eigenvalue weighted by Gasteiger charge is -2.16. The van der Waals surface area contributed by atoms with E-state index in [2.05, 4.69) is 5.32 Å². The molecule has 106 valence electrons. The summed E-state index contributed by atoms with van der Waals surface area (Å²) in [6, 6.07) is 6.81. The van der Waals surface area contributed by atoms with Gasteiger partial charge in [-0.3, -0.25) is 4.79 Å². The van der Waals surface area contributed by atoms with E-state index >= 15 is 0 Å². The average molecular weight is 266 g/mol. The van der Waals surface area contributed by atoms with Gasteiger partial charge in [0.1, 0.15) is 24.1 Å². The van der Waals surface area contributed by atoms with Crippen molar-refractivity contribution in [1.82, 2.24) is 5.32 Å². The molecule has 1 aromatic rings. The number of ether oxygens (including phenoxy) is 2. The highest BCUT2D eigenvalue weighted by Gasteiger charge is 2.14. The van der Waals surface area contributed by atoms with Crippen LogP contribution in [-0.2, 0) is 4.79 Å². The van der Waals surface area contributed by atoms with E-state index in [1.165, 1.54) is 0 Å². The molecule has 1 amide bonds. The summed E-state index contributed by atoms with van der Waals surface area (Å²) in [6.45, 7) is 5.55. The third kappa shape index (κ3) is 5.61. The Morgan fingerprint density at radius 2 is 1.79 bits per heavy atom. The lowest BCUT2D eigenvalue weighted by Crippen LogP contribution is -2.45. The quantitative estimate of drug-likeness (QED) is 0.707. The minimum Gasteiger partial charge on any atom is -0.494 e. The fourth-order valence-electron chi connectivity index (χ4n) is 1.54. The summed E-state index contributed by atoms with van der Waals surface area (Å²) >= 11 is 0. The van der Waals surface area contributed by atoms with Crippen molar-refractivity contribution >= 4 is 5.91 Å². The van der Waals surface area contributed by atoms with Crippen LogP contribution in [0.4, 0.5) is 0 Å². The lowest BCUT2D eigenvalue weighted by molar-refractivity contribution is -0.120. The van der Waals surface area contributed by atoms with E-state index in [0.717, 1.165) is 18.7 Å². The predicted octanol–water partition coefficient (Wildman–Crippen LogP) is 1.32. The highest BCUT2D eigenvalue weighted by Crippen LogP contribution is 2.17. The molecule has 5 heteroatoms. The minimum absolute atomic E-state index is 0.226. The first kappa shape index (κ1) is 15.3. The molecule has 0 aliphatic rings. The summed E-state index contributed by atoms with van der Waals surface area (Å²) in [7, 11) is 0. The van der Waals surface area contributed by atoms with Crippen molar-refractivity contribution in [1.29, 1.82) is 0 Å². The zero-order chi connectivity index (χ0) is 14.1. The first-order valence-electron chi connectivity index (χ1n) is 6.55. The van der Waals surface area contributed by atoms with Gasteiger partial charge in [0.05, 0.1) is 6.61 Å². The summed E-state index contributed by atoms with van der Waals surface area (Å²) < 4.78 is 10.9. The van der Waals surface area contributed by atoms with Crippen LogP contribution in [0.2, 0.25) is 0 Å². The third-order valence-electron chi connectivity index (χ3n) is 2.54. The van der Waals surface area contributed by atoms with Crippen LogP contribution < -0.4 is 20.5 Å². The summed E-state index contributed by atoms with van der Waals surface area (Å²) in [5, 5.41) is 3.05. The van der Waals surface area contributed by atoms with Gasteiger partial charge in [-0.15, -0.1) is 0 Å². The van der Waals surface area contributed by atoms with E-state index in [1.54, 1.807) is 0 Å². The molecular formula is C14H22N2O3. The zero-order valence-corrected chi connectivity index (χ0v) is 11.5. The largest absolute Gasteiger partial charge is 0.494 e. The van der Waals surface area contributed by atoms with E-state index in [4.69, 9.17) is 15.2 Å². The maximum absolute atomic E-state index is 11.2. The highest BCUT2D eigenvalue weighted by atomic mass is 16.5. The Balaban J connectivity index is 2.46. The van der Waals surface area contributed by atoms with Gasteiger partial charge >= 0.3 is 0 Å². The number of rotatable bonds is 9. The Morgan fingerprint density at radius 1 is 1.21 bits per heavy atom. The highest BCUT2D eigenvalue weighted by molar-refractivity contribution is 5.80. The minimum atomic E-state index is -0.466. The van der Waals surface area contributed by atoms with Crippen molar-refractivity contribution in [3.63, 3.8) is 0 Å². The van der Waals surface area contributed by atoms with Gasteiger partial charge in [-0.2, -0.15) is 0 Å². The van der Waals surface area contributed by atoms with E-state index in [0.29, 0.717) is 12.4 Å². The number of nitrogens with two attached hydrogens (primary N) is 1. The first-order chi connectivity index (χ1) is 9.17. The van der Waals surface area contributed by atoms with E-state index in [-0.39, 0.29) is 6.61 Å². The fraction of sp³-hybridized carbons (Fsp3) is 0.500. The molecule has 1 aromatic carbocycles. The van der Waals surface area contributed by atoms with Gasteiger partial charge < -0.3 is 20.5 Å². The Labute approximate surface area is 114 Å². The van der Waals surface area contributed by atoms with Gasteiger partial charge in [0, 0.05) is 0 Å². The van der Waals surface area contributed by atoms with Gasteiger partial charge in [-0.25, -0.2) is 0 Å². The molecule has 0 saturated heterocycles. The van der Waals surface area contributed by atoms with Gasteiger partial charge in [-0.1, -0.05) is 6.92 Å². The van der Waals surface area contributed by atoms with Crippen molar-refractivity contribution in [2.75, 3.05) is 19.8 Å². The number of hydrogen-bond acceptors (Lipinski definition) is 4. The monoisotopic (exact) mass is 266 g/mol. The number of primary amides is 1. The summed E-state index contributed by atoms with van der Waals surface area (Å²) in [6.07, 6.45) is 0.937. The molecule has 0 fully saturated rings. The molecule has 0 aliphatic carbocycles. The molecule has 19 heavy (non-hydrogen) atoms. The molecule has 0 heterocycles. The second-order valence-corrected chi connectivity index (χ2v) is 4.12. The van der Waals surface area contributed by atoms with Crippen LogP contribution in [0.25, 0.3) is 0 Å². The van der Waals surface area contributed by atoms with Crippen LogP contribution in [-0.4, -0.2) is 31.7 Å². The van der Waals surface area contributed by atoms with Crippen molar-refractivity contribution in [2.45, 2.75) is 26.3 Å². The second-order valence-electron chi connectivity index (χ2n) is 4.12. The maximum atomic E-state index is 11.2. The zero-order valence-electron chi connectivity index (χ0n) is 11.5. The molecule has 0 aliphatic heterocycles. The van der Waals surface area contributed by atoms with E-state index in [9.17, 15) is 4.79 Å². The van der Waals surface area contributed by atoms with Gasteiger partial charge in [0.2, 0.25) is 5.91 Å². The summed E-state index contributed by atoms with van der Waals surface area (Å²) in [5.74, 6) is 1.08. The van der Waals surface area contributed by atoms with Gasteiger partial charge in [-0.05, 0) is 44.2 Å². The summed E-state index contributed by atoms with van der Waals surface area (Å²) in [4.78, 5) is 11.2. The maximum Gasteiger partial charge on any atom is 0.238 e. The Morgan fingerprint density at radius 3 is 2.26 bits per heavy atom. The van der Waals surface area contributed by atoms with Gasteiger partial charge in [0.25, 0.3) is 0 Å². The standard InChI is InChI=1S/C14H22N2O3/c1-3-9-16-13(14(15)17)10-19-12-7-5-11(6-8-12)18-4-2/h5-8,13,16H,3-4,9-10H2,1-2H3,(H2,15,17). The number of carbonyl (C=O) groups excluding carboxylic acids is 1. The molecular weight excluding hydrogens is 244 g/mol. The molecule has 1 unspecified atom stereocenters. The molecule has 0 saturated carbocycles. The predicted molar refractivity (Wildman–Crippen MR) is 74.4 cm³/mol. The number of benzene rings is 1. The fourth-order valence-corrected chi connectivity index (χ4v) is 1.54. The average Bonchev–Trinajstić information content (AvgIpc) is 2.40. The Kier molecular flexibility index (Phi) is 6.74. The van der Waals surface area contributed by atoms with Crippen LogP contribution in [0, 0.1) is 0 Å². The molecule has 0 aromatic heterocycles. The topological polar surface area (TPSA) is 73.6 Å². The van der Waals surface area contributed by atoms with Crippen molar-refractivity contribution in [2.24, 2.45) is 5.73 Å². The van der Waals surface area contributed by atoms with Crippen LogP contribution in [0.5, 0.6) is 11.5 Å². The SMILES string of the molecule is CCCNC(COc1ccc(OCC)cc1)C(N)=O. The molecule has 0 bridgehead atoms. The molecule has 1 rings (SSSR count). The number of hydrogen-bond donors (Lipinski definition) is 2. The number of carbonyl (C=O) groups is 1. The number of nitrogens with one attached hydrogen (secondary N) is 1. The summed E-state index contributed by atoms with van der Waals surface area (Å²) in [5.41, 5.74) is 5.30. The Hall–Kier alpha value is -1.75. The molecule has 1 atom stereocenters. The van der Waals surface area contributed by atoms with Crippen LogP contribution in [0.3, 0.4) is 0 Å². The van der Waals surface area contributed by atoms with Crippen molar-refractivity contribution < 1.29 is 14.3 Å². The van der Waals surface area contributed by atoms with Crippen LogP contribution in [0.15, 0.2) is 24.3 Å². The molecule has 0 spiro atoms. The lowest BCUT2D eigenvalue weighted by atomic mass is 10.3. The van der Waals surface area contributed by atoms with E-state index in [1.807, 2.05) is 38.1 Å². The van der Waals surface area contributed by atoms with E-state index < -0.39 is 11.9 Å². The second kappa shape index (κ2) is 8.37. The Bertz CT molecular complexity index is 379. The van der Waals surface area contributed by atoms with Gasteiger partial charge in [0.15, 0.2) is 0 Å². The first-order valence-corrected chi connectivity index (χ1v) is 6.55. The van der Waals surface area contributed by atoms with Crippen molar-refractivity contribution in [3.05, 3.63) is 24.3 Å². The van der Waals surface area contributed by atoms with Crippen LogP contribution >= 0.6 is 0 Å². The molecule has 3 N–H and O–H groups in total.